The number of amides is 2. The molecule has 30 heavy (non-hydrogen) atoms. The molecule has 4 rings (SSSR count). The number of unbranched alkanes of at least 4 members (excludes halogenated alkanes) is 1. The molecule has 6 heteroatoms. The third-order valence-electron chi connectivity index (χ3n) is 5.28. The molecule has 0 spiro atoms. The Bertz CT molecular complexity index is 1100. The predicted octanol–water partition coefficient (Wildman–Crippen LogP) is 4.22. The molecule has 2 amide bonds. The number of ether oxygens (including phenoxy) is 1. The first-order chi connectivity index (χ1) is 14.6. The summed E-state index contributed by atoms with van der Waals surface area (Å²) in [5.41, 5.74) is 2.99. The number of imide groups is 1. The summed E-state index contributed by atoms with van der Waals surface area (Å²) < 4.78 is 6.47. The van der Waals surface area contributed by atoms with Crippen molar-refractivity contribution < 1.29 is 19.1 Å². The molecule has 0 saturated heterocycles. The average Bonchev–Trinajstić information content (AvgIpc) is 3.27. The van der Waals surface area contributed by atoms with Gasteiger partial charge >= 0.3 is 5.97 Å². The fourth-order valence-corrected chi connectivity index (χ4v) is 3.80. The van der Waals surface area contributed by atoms with E-state index in [4.69, 9.17) is 4.74 Å². The minimum absolute atomic E-state index is 0.208. The third kappa shape index (κ3) is 3.10. The highest BCUT2D eigenvalue weighted by atomic mass is 16.5. The van der Waals surface area contributed by atoms with Crippen LogP contribution in [0.3, 0.4) is 0 Å². The van der Waals surface area contributed by atoms with Gasteiger partial charge < -0.3 is 4.74 Å². The van der Waals surface area contributed by atoms with E-state index < -0.39 is 17.8 Å². The van der Waals surface area contributed by atoms with Gasteiger partial charge in [-0.25, -0.2) is 9.47 Å². The maximum absolute atomic E-state index is 13.2. The zero-order valence-electron chi connectivity index (χ0n) is 16.9. The van der Waals surface area contributed by atoms with Crippen LogP contribution in [-0.2, 0) is 11.2 Å². The van der Waals surface area contributed by atoms with Gasteiger partial charge in [-0.15, -0.1) is 0 Å². The van der Waals surface area contributed by atoms with Crippen LogP contribution in [0.2, 0.25) is 0 Å². The topological polar surface area (TPSA) is 68.6 Å². The van der Waals surface area contributed by atoms with Crippen LogP contribution < -0.4 is 5.01 Å². The molecule has 6 nitrogen and oxygen atoms in total. The molecule has 152 valence electrons. The minimum Gasteiger partial charge on any atom is -0.464 e. The van der Waals surface area contributed by atoms with Crippen molar-refractivity contribution in [3.63, 3.8) is 0 Å². The molecular weight excluding hydrogens is 380 g/mol. The van der Waals surface area contributed by atoms with Crippen LogP contribution in [0.15, 0.2) is 60.7 Å². The zero-order chi connectivity index (χ0) is 21.3. The lowest BCUT2D eigenvalue weighted by Crippen LogP contribution is -2.42. The second-order valence-electron chi connectivity index (χ2n) is 7.14. The van der Waals surface area contributed by atoms with Crippen LogP contribution >= 0.6 is 0 Å². The number of fused-ring (bicyclic) bond motifs is 1. The number of nitrogens with zero attached hydrogens (tertiary/aromatic N) is 2. The van der Waals surface area contributed by atoms with Crippen molar-refractivity contribution in [2.24, 2.45) is 0 Å². The van der Waals surface area contributed by atoms with Crippen molar-refractivity contribution in [2.75, 3.05) is 12.1 Å². The van der Waals surface area contributed by atoms with Gasteiger partial charge in [0.05, 0.1) is 23.9 Å². The largest absolute Gasteiger partial charge is 0.464 e. The van der Waals surface area contributed by atoms with Crippen LogP contribution in [0.5, 0.6) is 0 Å². The molecule has 3 aromatic rings. The van der Waals surface area contributed by atoms with Gasteiger partial charge in [-0.05, 0) is 36.6 Å². The Morgan fingerprint density at radius 2 is 1.53 bits per heavy atom. The summed E-state index contributed by atoms with van der Waals surface area (Å²) >= 11 is 0. The molecule has 0 N–H and O–H groups in total. The van der Waals surface area contributed by atoms with E-state index in [-0.39, 0.29) is 5.69 Å². The monoisotopic (exact) mass is 402 g/mol. The van der Waals surface area contributed by atoms with E-state index >= 15 is 0 Å². The van der Waals surface area contributed by atoms with Crippen molar-refractivity contribution in [1.82, 2.24) is 4.68 Å². The van der Waals surface area contributed by atoms with Crippen LogP contribution in [0.1, 0.15) is 56.5 Å². The van der Waals surface area contributed by atoms with Crippen molar-refractivity contribution in [3.05, 3.63) is 83.0 Å². The Hall–Kier alpha value is -3.67. The van der Waals surface area contributed by atoms with E-state index in [0.717, 1.165) is 29.0 Å². The summed E-state index contributed by atoms with van der Waals surface area (Å²) in [5.74, 6) is -1.51. The lowest BCUT2D eigenvalue weighted by molar-refractivity contribution is 0.0586. The van der Waals surface area contributed by atoms with E-state index in [2.05, 4.69) is 6.92 Å². The molecule has 1 aliphatic rings. The first-order valence-corrected chi connectivity index (χ1v) is 9.95. The fourth-order valence-electron chi connectivity index (χ4n) is 3.80. The lowest BCUT2D eigenvalue weighted by Gasteiger charge is -2.21. The van der Waals surface area contributed by atoms with Gasteiger partial charge in [0.15, 0.2) is 5.69 Å². The number of aromatic nitrogens is 1. The van der Waals surface area contributed by atoms with Gasteiger partial charge in [-0.3, -0.25) is 9.59 Å². The Balaban J connectivity index is 1.98. The molecule has 2 heterocycles. The number of hydrogen-bond donors (Lipinski definition) is 0. The molecule has 0 saturated carbocycles. The number of carbonyl (C=O) groups is 3. The van der Waals surface area contributed by atoms with E-state index in [0.29, 0.717) is 23.2 Å². The summed E-state index contributed by atoms with van der Waals surface area (Å²) in [5, 5.41) is 1.05. The first-order valence-electron chi connectivity index (χ1n) is 9.95. The number of esters is 1. The average molecular weight is 402 g/mol. The number of rotatable bonds is 6. The van der Waals surface area contributed by atoms with Crippen molar-refractivity contribution in [2.45, 2.75) is 26.2 Å². The molecule has 0 aliphatic carbocycles. The Kier molecular flexibility index (Phi) is 5.23. The third-order valence-corrected chi connectivity index (χ3v) is 5.28. The SMILES string of the molecule is CCCCc1cc(-c2ccccc2)n(N2C(=O)c3ccccc3C2=O)c1C(=O)OC. The molecule has 1 aromatic heterocycles. The quantitative estimate of drug-likeness (QED) is 0.457. The summed E-state index contributed by atoms with van der Waals surface area (Å²) in [4.78, 5) is 39.2. The normalized spacial score (nSPS) is 12.9. The molecule has 0 radical (unpaired) electrons. The first kappa shape index (κ1) is 19.6. The summed E-state index contributed by atoms with van der Waals surface area (Å²) in [6.45, 7) is 2.07. The van der Waals surface area contributed by atoms with Crippen LogP contribution in [-0.4, -0.2) is 29.6 Å². The van der Waals surface area contributed by atoms with Crippen LogP contribution in [0, 0.1) is 0 Å². The Morgan fingerprint density at radius 1 is 0.933 bits per heavy atom. The van der Waals surface area contributed by atoms with Crippen molar-refractivity contribution in [1.29, 1.82) is 0 Å². The molecular formula is C24H22N2O4. The van der Waals surface area contributed by atoms with E-state index in [1.807, 2.05) is 36.4 Å². The summed E-state index contributed by atoms with van der Waals surface area (Å²) in [6, 6.07) is 18.0. The van der Waals surface area contributed by atoms with Gasteiger partial charge in [0.1, 0.15) is 0 Å². The van der Waals surface area contributed by atoms with Crippen LogP contribution in [0.4, 0.5) is 0 Å². The van der Waals surface area contributed by atoms with E-state index in [9.17, 15) is 14.4 Å². The second-order valence-corrected chi connectivity index (χ2v) is 7.14. The summed E-state index contributed by atoms with van der Waals surface area (Å²) in [6.07, 6.45) is 2.45. The number of hydrogen-bond acceptors (Lipinski definition) is 4. The molecule has 2 aromatic carbocycles. The Labute approximate surface area is 174 Å². The van der Waals surface area contributed by atoms with Gasteiger partial charge in [-0.2, -0.15) is 5.01 Å². The lowest BCUT2D eigenvalue weighted by atomic mass is 10.1. The van der Waals surface area contributed by atoms with Crippen molar-refractivity contribution >= 4 is 17.8 Å². The van der Waals surface area contributed by atoms with Crippen LogP contribution in [0.25, 0.3) is 11.3 Å². The summed E-state index contributed by atoms with van der Waals surface area (Å²) in [7, 11) is 1.30. The molecule has 0 bridgehead atoms. The maximum atomic E-state index is 13.2. The minimum atomic E-state index is -0.583. The van der Waals surface area contributed by atoms with Gasteiger partial charge in [0, 0.05) is 5.56 Å². The standard InChI is InChI=1S/C24H22N2O4/c1-3-4-10-17-15-20(16-11-6-5-7-12-16)25(21(17)24(29)30-2)26-22(27)18-13-8-9-14-19(18)23(26)28/h5-9,11-15H,3-4,10H2,1-2H3. The van der Waals surface area contributed by atoms with Gasteiger partial charge in [0.25, 0.3) is 11.8 Å². The highest BCUT2D eigenvalue weighted by Gasteiger charge is 2.40. The van der Waals surface area contributed by atoms with E-state index in [1.54, 1.807) is 24.3 Å². The van der Waals surface area contributed by atoms with Crippen molar-refractivity contribution in [3.8, 4) is 11.3 Å². The fraction of sp³-hybridized carbons (Fsp3) is 0.208. The Morgan fingerprint density at radius 3 is 2.10 bits per heavy atom. The molecule has 1 aliphatic heterocycles. The predicted molar refractivity (Wildman–Crippen MR) is 113 cm³/mol. The molecule has 0 fully saturated rings. The number of aryl methyl sites for hydroxylation is 1. The zero-order valence-corrected chi connectivity index (χ0v) is 16.9. The highest BCUT2D eigenvalue weighted by Crippen LogP contribution is 2.32. The maximum Gasteiger partial charge on any atom is 0.356 e. The number of methoxy groups -OCH3 is 1. The molecule has 0 unspecified atom stereocenters. The smallest absolute Gasteiger partial charge is 0.356 e. The highest BCUT2D eigenvalue weighted by molar-refractivity contribution is 6.31. The van der Waals surface area contributed by atoms with Gasteiger partial charge in [0.2, 0.25) is 0 Å². The number of benzene rings is 2. The van der Waals surface area contributed by atoms with E-state index in [1.165, 1.54) is 11.8 Å². The molecule has 0 atom stereocenters. The second kappa shape index (κ2) is 7.99. The van der Waals surface area contributed by atoms with Gasteiger partial charge in [-0.1, -0.05) is 55.8 Å². The number of carbonyl (C=O) groups excluding carboxylic acids is 3.